The van der Waals surface area contributed by atoms with Crippen LogP contribution in [0.4, 0.5) is 4.79 Å². The molecule has 6 atom stereocenters. The molecule has 4 unspecified atom stereocenters. The Morgan fingerprint density at radius 1 is 1.17 bits per heavy atom. The quantitative estimate of drug-likeness (QED) is 0.227. The van der Waals surface area contributed by atoms with E-state index in [-0.39, 0.29) is 43.0 Å². The zero-order valence-corrected chi connectivity index (χ0v) is 30.9. The van der Waals surface area contributed by atoms with Gasteiger partial charge in [-0.15, -0.1) is 17.8 Å². The Balaban J connectivity index is 1.07. The van der Waals surface area contributed by atoms with Crippen molar-refractivity contribution < 1.29 is 46.7 Å². The smallest absolute Gasteiger partial charge is 0.407 e. The molecule has 3 aliphatic heterocycles. The van der Waals surface area contributed by atoms with E-state index in [0.717, 1.165) is 16.3 Å². The number of nitrogens with zero attached hydrogens (tertiary/aromatic N) is 2. The summed E-state index contributed by atoms with van der Waals surface area (Å²) in [6.07, 6.45) is 4.77. The summed E-state index contributed by atoms with van der Waals surface area (Å²) < 4.78 is 63.5. The fraction of sp³-hybridized carbons (Fsp3) is 0.514. The van der Waals surface area contributed by atoms with Crippen LogP contribution in [-0.4, -0.2) is 86.0 Å². The average Bonchev–Trinajstić information content (AvgIpc) is 3.62. The fourth-order valence-electron chi connectivity index (χ4n) is 7.32. The summed E-state index contributed by atoms with van der Waals surface area (Å²) in [4.78, 5) is 17.9. The molecule has 4 aliphatic rings. The lowest BCUT2D eigenvalue weighted by Crippen LogP contribution is -2.51. The van der Waals surface area contributed by atoms with E-state index in [0.29, 0.717) is 49.9 Å². The molecule has 3 aromatic rings. The highest BCUT2D eigenvalue weighted by molar-refractivity contribution is 7.89. The van der Waals surface area contributed by atoms with Gasteiger partial charge in [0.2, 0.25) is 22.6 Å². The van der Waals surface area contributed by atoms with E-state index in [1.807, 2.05) is 38.3 Å². The summed E-state index contributed by atoms with van der Waals surface area (Å²) >= 11 is 1.55. The van der Waals surface area contributed by atoms with Crippen LogP contribution in [0.25, 0.3) is 0 Å². The lowest BCUT2D eigenvalue weighted by atomic mass is 9.85. The van der Waals surface area contributed by atoms with Gasteiger partial charge in [-0.3, -0.25) is 0 Å². The molecule has 52 heavy (non-hydrogen) atoms. The third kappa shape index (κ3) is 7.33. The number of hydrogen-bond donors (Lipinski definition) is 2. The van der Waals surface area contributed by atoms with Gasteiger partial charge in [0.15, 0.2) is 11.5 Å². The average molecular weight is 754 g/mol. The van der Waals surface area contributed by atoms with Crippen LogP contribution in [0.5, 0.6) is 17.2 Å². The standard InChI is InChI=1S/C37H43N3O10S2/c1-5-37-33(12-13-48-37)36(21-49-37)16-34(36)50-35(42)39-29(14-25-6-8-27(9-7-25)45-19-26-20-51-24(4)38-26)30(41)18-40(17-23(2)3)52(43,44)28-10-11-31-32(15-28)47-22-46-31/h1,6-11,15,20,23,29-30,33-34,41H,12-14,16-19,21-22H2,2-4H3,(H,39,42)/t29-,30?,33?,34?,36+,37?/m0/s1. The van der Waals surface area contributed by atoms with Crippen molar-refractivity contribution in [3.63, 3.8) is 0 Å². The number of terminal acetylenes is 1. The molecule has 2 N–H and O–H groups in total. The van der Waals surface area contributed by atoms with E-state index in [1.54, 1.807) is 29.5 Å². The zero-order valence-electron chi connectivity index (χ0n) is 29.3. The predicted octanol–water partition coefficient (Wildman–Crippen LogP) is 4.26. The highest BCUT2D eigenvalue weighted by Gasteiger charge is 2.73. The van der Waals surface area contributed by atoms with Crippen LogP contribution in [0.15, 0.2) is 52.7 Å². The number of fused-ring (bicyclic) bond motifs is 3. The van der Waals surface area contributed by atoms with Crippen molar-refractivity contribution in [2.45, 2.75) is 75.6 Å². The Bertz CT molecular complexity index is 1930. The monoisotopic (exact) mass is 753 g/mol. The van der Waals surface area contributed by atoms with E-state index >= 15 is 0 Å². The first kappa shape index (κ1) is 36.4. The van der Waals surface area contributed by atoms with Crippen LogP contribution in [0.1, 0.15) is 43.0 Å². The second-order valence-corrected chi connectivity index (χ2v) is 17.2. The second kappa shape index (κ2) is 14.5. The maximum absolute atomic E-state index is 14.0. The topological polar surface area (TPSA) is 155 Å². The number of sulfonamides is 1. The lowest BCUT2D eigenvalue weighted by Gasteiger charge is -2.30. The first-order valence-electron chi connectivity index (χ1n) is 17.3. The van der Waals surface area contributed by atoms with Crippen LogP contribution >= 0.6 is 11.3 Å². The van der Waals surface area contributed by atoms with Gasteiger partial charge in [0.1, 0.15) is 18.5 Å². The number of aliphatic hydroxyl groups is 1. The summed E-state index contributed by atoms with van der Waals surface area (Å²) in [6, 6.07) is 10.8. The normalized spacial score (nSPS) is 25.6. The van der Waals surface area contributed by atoms with Crippen molar-refractivity contribution in [3.8, 4) is 29.6 Å². The molecule has 0 radical (unpaired) electrons. The molecule has 2 aromatic carbocycles. The van der Waals surface area contributed by atoms with Crippen LogP contribution in [0, 0.1) is 36.5 Å². The van der Waals surface area contributed by atoms with Crippen molar-refractivity contribution in [2.24, 2.45) is 17.3 Å². The van der Waals surface area contributed by atoms with Crippen LogP contribution in [0.3, 0.4) is 0 Å². The minimum atomic E-state index is -4.09. The molecule has 1 amide bonds. The Hall–Kier alpha value is -3.91. The molecule has 15 heteroatoms. The minimum Gasteiger partial charge on any atom is -0.487 e. The number of benzene rings is 2. The Morgan fingerprint density at radius 3 is 2.69 bits per heavy atom. The number of ether oxygens (including phenoxy) is 6. The molecule has 1 aromatic heterocycles. The molecule has 278 valence electrons. The van der Waals surface area contributed by atoms with Gasteiger partial charge < -0.3 is 38.8 Å². The number of amides is 1. The minimum absolute atomic E-state index is 0.00349. The van der Waals surface area contributed by atoms with Gasteiger partial charge in [0.25, 0.3) is 0 Å². The molecule has 1 spiro atoms. The van der Waals surface area contributed by atoms with E-state index in [4.69, 9.17) is 34.8 Å². The number of carbonyl (C=O) groups excluding carboxylic acids is 1. The third-order valence-electron chi connectivity index (χ3n) is 10.1. The van der Waals surface area contributed by atoms with Crippen molar-refractivity contribution in [2.75, 3.05) is 33.1 Å². The van der Waals surface area contributed by atoms with Gasteiger partial charge in [0, 0.05) is 35.9 Å². The Kier molecular flexibility index (Phi) is 10.2. The van der Waals surface area contributed by atoms with Crippen molar-refractivity contribution >= 4 is 27.5 Å². The van der Waals surface area contributed by atoms with Crippen molar-refractivity contribution in [1.82, 2.24) is 14.6 Å². The van der Waals surface area contributed by atoms with E-state index in [1.165, 1.54) is 16.4 Å². The van der Waals surface area contributed by atoms with E-state index < -0.39 is 45.6 Å². The first-order chi connectivity index (χ1) is 24.9. The maximum Gasteiger partial charge on any atom is 0.407 e. The van der Waals surface area contributed by atoms with Gasteiger partial charge in [-0.1, -0.05) is 26.0 Å². The summed E-state index contributed by atoms with van der Waals surface area (Å²) in [6.45, 7) is 6.68. The summed E-state index contributed by atoms with van der Waals surface area (Å²) in [5.74, 6) is 2.83. The van der Waals surface area contributed by atoms with Crippen LogP contribution in [-0.2, 0) is 37.3 Å². The van der Waals surface area contributed by atoms with Crippen molar-refractivity contribution in [1.29, 1.82) is 0 Å². The highest BCUT2D eigenvalue weighted by atomic mass is 32.2. The molecule has 1 saturated carbocycles. The Morgan fingerprint density at radius 2 is 1.96 bits per heavy atom. The number of hydrogen-bond acceptors (Lipinski definition) is 12. The molecule has 3 fully saturated rings. The number of alkyl carbamates (subject to hydrolysis) is 1. The number of rotatable bonds is 14. The summed E-state index contributed by atoms with van der Waals surface area (Å²) in [5.41, 5.74) is 1.20. The van der Waals surface area contributed by atoms with Crippen molar-refractivity contribution in [3.05, 3.63) is 64.1 Å². The van der Waals surface area contributed by atoms with Gasteiger partial charge in [-0.25, -0.2) is 18.2 Å². The molecule has 13 nitrogen and oxygen atoms in total. The van der Waals surface area contributed by atoms with E-state index in [2.05, 4.69) is 16.2 Å². The predicted molar refractivity (Wildman–Crippen MR) is 189 cm³/mol. The molecule has 1 aliphatic carbocycles. The van der Waals surface area contributed by atoms with Gasteiger partial charge in [0.05, 0.1) is 41.0 Å². The van der Waals surface area contributed by atoms with Crippen LogP contribution < -0.4 is 19.5 Å². The number of aromatic nitrogens is 1. The SMILES string of the molecule is C#CC12OCCC1[C@]1(CO2)CC1OC(=O)N[C@@H](Cc1ccc(OCc2csc(C)n2)cc1)C(O)CN(CC(C)C)S(=O)(=O)c1ccc2c(c1)OCO2. The lowest BCUT2D eigenvalue weighted by molar-refractivity contribution is -0.150. The number of nitrogens with one attached hydrogen (secondary N) is 1. The molecule has 4 heterocycles. The van der Waals surface area contributed by atoms with Gasteiger partial charge >= 0.3 is 6.09 Å². The van der Waals surface area contributed by atoms with E-state index in [9.17, 15) is 18.3 Å². The molecule has 7 rings (SSSR count). The Labute approximate surface area is 307 Å². The van der Waals surface area contributed by atoms with Gasteiger partial charge in [-0.05, 0) is 67.9 Å². The third-order valence-corrected chi connectivity index (χ3v) is 12.7. The number of thiazole rings is 1. The molecule has 0 bridgehead atoms. The number of aliphatic hydroxyl groups excluding tert-OH is 1. The van der Waals surface area contributed by atoms with Gasteiger partial charge in [-0.2, -0.15) is 4.31 Å². The number of carbonyl (C=O) groups is 1. The largest absolute Gasteiger partial charge is 0.487 e. The number of aryl methyl sites for hydroxylation is 1. The fourth-order valence-corrected chi connectivity index (χ4v) is 9.56. The summed E-state index contributed by atoms with van der Waals surface area (Å²) in [7, 11) is -4.09. The first-order valence-corrected chi connectivity index (χ1v) is 19.7. The molecule has 2 saturated heterocycles. The summed E-state index contributed by atoms with van der Waals surface area (Å²) in [5, 5.41) is 17.5. The van der Waals surface area contributed by atoms with Crippen LogP contribution in [0.2, 0.25) is 0 Å². The highest BCUT2D eigenvalue weighted by Crippen LogP contribution is 2.65. The molecular formula is C37H43N3O10S2. The second-order valence-electron chi connectivity index (χ2n) is 14.2. The zero-order chi connectivity index (χ0) is 36.7. The maximum atomic E-state index is 14.0. The molecular weight excluding hydrogens is 711 g/mol.